The maximum atomic E-state index is 12.9. The number of imide groups is 1. The quantitative estimate of drug-likeness (QED) is 0.572. The molecular weight excluding hydrogens is 396 g/mol. The summed E-state index contributed by atoms with van der Waals surface area (Å²) in [7, 11) is 1.45. The molecule has 1 heterocycles. The number of methoxy groups -OCH3 is 1. The molecule has 1 fully saturated rings. The number of nitrogens with zero attached hydrogens (tertiary/aromatic N) is 1. The summed E-state index contributed by atoms with van der Waals surface area (Å²) in [6, 6.07) is 9.06. The van der Waals surface area contributed by atoms with Crippen LogP contribution in [0.3, 0.4) is 0 Å². The fourth-order valence-electron chi connectivity index (χ4n) is 3.10. The third kappa shape index (κ3) is 4.19. The molecule has 0 spiro atoms. The molecule has 152 valence electrons. The number of benzene rings is 2. The molecule has 0 radical (unpaired) electrons. The number of amides is 2. The van der Waals surface area contributed by atoms with Gasteiger partial charge in [0.15, 0.2) is 0 Å². The summed E-state index contributed by atoms with van der Waals surface area (Å²) in [6.07, 6.45) is 0.00326. The van der Waals surface area contributed by atoms with Gasteiger partial charge in [0.25, 0.3) is 5.91 Å². The number of carbonyl (C=O) groups is 3. The summed E-state index contributed by atoms with van der Waals surface area (Å²) in [4.78, 5) is 38.4. The van der Waals surface area contributed by atoms with E-state index in [-0.39, 0.29) is 18.2 Å². The van der Waals surface area contributed by atoms with Crippen molar-refractivity contribution in [2.24, 2.45) is 0 Å². The number of nitrogens with one attached hydrogen (secondary N) is 1. The zero-order valence-electron chi connectivity index (χ0n) is 16.3. The van der Waals surface area contributed by atoms with Crippen LogP contribution in [0.4, 0.5) is 11.4 Å². The molecule has 0 aliphatic carbocycles. The molecule has 1 N–H and O–H groups in total. The molecule has 1 atom stereocenters. The molecule has 1 saturated heterocycles. The normalized spacial score (nSPS) is 16.1. The smallest absolute Gasteiger partial charge is 0.338 e. The average Bonchev–Trinajstić information content (AvgIpc) is 2.97. The molecule has 7 nitrogen and oxygen atoms in total. The largest absolute Gasteiger partial charge is 0.495 e. The zero-order chi connectivity index (χ0) is 21.1. The first-order valence-electron chi connectivity index (χ1n) is 9.10. The first-order chi connectivity index (χ1) is 13.8. The summed E-state index contributed by atoms with van der Waals surface area (Å²) in [5, 5.41) is 3.54. The van der Waals surface area contributed by atoms with Crippen LogP contribution in [0.2, 0.25) is 5.02 Å². The van der Waals surface area contributed by atoms with Crippen molar-refractivity contribution < 1.29 is 23.9 Å². The molecule has 0 saturated carbocycles. The van der Waals surface area contributed by atoms with Gasteiger partial charge < -0.3 is 14.8 Å². The predicted octanol–water partition coefficient (Wildman–Crippen LogP) is 3.58. The van der Waals surface area contributed by atoms with E-state index in [0.29, 0.717) is 34.3 Å². The van der Waals surface area contributed by atoms with Gasteiger partial charge in [0.05, 0.1) is 31.4 Å². The lowest BCUT2D eigenvalue weighted by molar-refractivity contribution is -0.121. The number of anilines is 2. The monoisotopic (exact) mass is 416 g/mol. The molecule has 3 rings (SSSR count). The van der Waals surface area contributed by atoms with Crippen LogP contribution in [-0.4, -0.2) is 37.5 Å². The highest BCUT2D eigenvalue weighted by Gasteiger charge is 2.41. The van der Waals surface area contributed by atoms with Crippen LogP contribution in [0, 0.1) is 6.92 Å². The van der Waals surface area contributed by atoms with E-state index in [0.717, 1.165) is 10.5 Å². The van der Waals surface area contributed by atoms with Crippen LogP contribution >= 0.6 is 11.6 Å². The second kappa shape index (κ2) is 8.53. The number of rotatable bonds is 6. The number of hydrogen-bond donors (Lipinski definition) is 1. The molecule has 1 aliphatic heterocycles. The lowest BCUT2D eigenvalue weighted by atomic mass is 10.1. The number of halogens is 1. The lowest BCUT2D eigenvalue weighted by Crippen LogP contribution is -2.35. The SMILES string of the molecule is CCOC(=O)c1ccc(N[C@H]2CC(=O)N(c3cc(C)c(Cl)cc3OC)C2=O)cc1. The van der Waals surface area contributed by atoms with Gasteiger partial charge in [0, 0.05) is 16.8 Å². The Morgan fingerprint density at radius 1 is 1.24 bits per heavy atom. The second-order valence-corrected chi connectivity index (χ2v) is 6.95. The Hall–Kier alpha value is -3.06. The van der Waals surface area contributed by atoms with Gasteiger partial charge in [-0.25, -0.2) is 9.69 Å². The van der Waals surface area contributed by atoms with Crippen molar-refractivity contribution in [3.8, 4) is 5.75 Å². The molecule has 8 heteroatoms. The van der Waals surface area contributed by atoms with Crippen molar-refractivity contribution in [2.45, 2.75) is 26.3 Å². The molecule has 1 aliphatic rings. The zero-order valence-corrected chi connectivity index (χ0v) is 17.1. The first kappa shape index (κ1) is 20.7. The van der Waals surface area contributed by atoms with E-state index in [2.05, 4.69) is 5.32 Å². The van der Waals surface area contributed by atoms with Crippen molar-refractivity contribution in [2.75, 3.05) is 23.9 Å². The fourth-order valence-corrected chi connectivity index (χ4v) is 3.26. The second-order valence-electron chi connectivity index (χ2n) is 6.54. The molecule has 0 bridgehead atoms. The third-order valence-corrected chi connectivity index (χ3v) is 4.99. The van der Waals surface area contributed by atoms with Crippen LogP contribution in [-0.2, 0) is 14.3 Å². The number of carbonyl (C=O) groups excluding carboxylic acids is 3. The van der Waals surface area contributed by atoms with Gasteiger partial charge in [-0.15, -0.1) is 0 Å². The summed E-state index contributed by atoms with van der Waals surface area (Å²) in [6.45, 7) is 3.82. The topological polar surface area (TPSA) is 84.9 Å². The average molecular weight is 417 g/mol. The summed E-state index contributed by atoms with van der Waals surface area (Å²) in [5.41, 5.74) is 2.12. The Balaban J connectivity index is 1.79. The van der Waals surface area contributed by atoms with Crippen LogP contribution in [0.1, 0.15) is 29.3 Å². The third-order valence-electron chi connectivity index (χ3n) is 4.58. The molecule has 0 aromatic heterocycles. The Morgan fingerprint density at radius 3 is 2.55 bits per heavy atom. The molecular formula is C21H21ClN2O5. The number of hydrogen-bond acceptors (Lipinski definition) is 6. The molecule has 2 aromatic carbocycles. The van der Waals surface area contributed by atoms with Crippen molar-refractivity contribution >= 4 is 40.8 Å². The van der Waals surface area contributed by atoms with E-state index < -0.39 is 12.0 Å². The van der Waals surface area contributed by atoms with Gasteiger partial charge >= 0.3 is 5.97 Å². The Morgan fingerprint density at radius 2 is 1.93 bits per heavy atom. The van der Waals surface area contributed by atoms with Crippen molar-refractivity contribution in [3.63, 3.8) is 0 Å². The highest BCUT2D eigenvalue weighted by molar-refractivity contribution is 6.32. The maximum Gasteiger partial charge on any atom is 0.338 e. The van der Waals surface area contributed by atoms with E-state index in [1.807, 2.05) is 0 Å². The van der Waals surface area contributed by atoms with E-state index in [9.17, 15) is 14.4 Å². The molecule has 2 amide bonds. The highest BCUT2D eigenvalue weighted by atomic mass is 35.5. The van der Waals surface area contributed by atoms with Crippen LogP contribution in [0.15, 0.2) is 36.4 Å². The summed E-state index contributed by atoms with van der Waals surface area (Å²) in [5.74, 6) is -0.788. The van der Waals surface area contributed by atoms with Gasteiger partial charge in [-0.2, -0.15) is 0 Å². The van der Waals surface area contributed by atoms with Crippen molar-refractivity contribution in [3.05, 3.63) is 52.5 Å². The lowest BCUT2D eigenvalue weighted by Gasteiger charge is -2.19. The number of esters is 1. The van der Waals surface area contributed by atoms with Crippen molar-refractivity contribution in [1.29, 1.82) is 0 Å². The molecule has 0 unspecified atom stereocenters. The maximum absolute atomic E-state index is 12.9. The van der Waals surface area contributed by atoms with Gasteiger partial charge in [-0.3, -0.25) is 9.59 Å². The van der Waals surface area contributed by atoms with E-state index in [4.69, 9.17) is 21.1 Å². The summed E-state index contributed by atoms with van der Waals surface area (Å²) >= 11 is 6.12. The van der Waals surface area contributed by atoms with Gasteiger partial charge in [-0.1, -0.05) is 11.6 Å². The standard InChI is InChI=1S/C21H21ClN2O5/c1-4-29-21(27)13-5-7-14(8-6-13)23-16-11-19(25)24(20(16)26)17-9-12(2)15(22)10-18(17)28-3/h5-10,16,23H,4,11H2,1-3H3/t16-/m0/s1. The van der Waals surface area contributed by atoms with Gasteiger partial charge in [0.2, 0.25) is 5.91 Å². The number of ether oxygens (including phenoxy) is 2. The minimum absolute atomic E-state index is 0.00326. The van der Waals surface area contributed by atoms with E-state index in [1.54, 1.807) is 50.2 Å². The highest BCUT2D eigenvalue weighted by Crippen LogP contribution is 2.36. The van der Waals surface area contributed by atoms with Crippen LogP contribution < -0.4 is 15.0 Å². The first-order valence-corrected chi connectivity index (χ1v) is 9.48. The molecule has 29 heavy (non-hydrogen) atoms. The Bertz CT molecular complexity index is 958. The minimum Gasteiger partial charge on any atom is -0.495 e. The number of aryl methyl sites for hydroxylation is 1. The Kier molecular flexibility index (Phi) is 6.08. The van der Waals surface area contributed by atoms with Crippen molar-refractivity contribution in [1.82, 2.24) is 0 Å². The van der Waals surface area contributed by atoms with Crippen LogP contribution in [0.25, 0.3) is 0 Å². The summed E-state index contributed by atoms with van der Waals surface area (Å²) < 4.78 is 10.3. The van der Waals surface area contributed by atoms with Crippen LogP contribution in [0.5, 0.6) is 5.75 Å². The van der Waals surface area contributed by atoms with E-state index >= 15 is 0 Å². The van der Waals surface area contributed by atoms with Gasteiger partial charge in [0.1, 0.15) is 11.8 Å². The predicted molar refractivity (Wildman–Crippen MR) is 110 cm³/mol. The minimum atomic E-state index is -0.725. The van der Waals surface area contributed by atoms with Gasteiger partial charge in [-0.05, 0) is 49.7 Å². The Labute approximate surface area is 173 Å². The fraction of sp³-hybridized carbons (Fsp3) is 0.286. The van der Waals surface area contributed by atoms with E-state index in [1.165, 1.54) is 7.11 Å². The molecule has 2 aromatic rings.